The van der Waals surface area contributed by atoms with Crippen molar-refractivity contribution in [2.24, 2.45) is 5.92 Å². The average molecular weight is 276 g/mol. The van der Waals surface area contributed by atoms with Crippen LogP contribution in [0.25, 0.3) is 0 Å². The number of hydrogen-bond acceptors (Lipinski definition) is 3. The molecule has 0 saturated carbocycles. The van der Waals surface area contributed by atoms with Gasteiger partial charge in [0.15, 0.2) is 0 Å². The van der Waals surface area contributed by atoms with Crippen LogP contribution in [0.3, 0.4) is 0 Å². The third kappa shape index (κ3) is 1.84. The van der Waals surface area contributed by atoms with Crippen LogP contribution in [0.15, 0.2) is 11.4 Å². The first kappa shape index (κ1) is 11.9. The second kappa shape index (κ2) is 4.60. The predicted molar refractivity (Wildman–Crippen MR) is 76.5 cm³/mol. The van der Waals surface area contributed by atoms with E-state index in [1.807, 2.05) is 11.3 Å². The number of likely N-dealkylation sites (tertiary alicyclic amines) is 1. The first-order valence-electron chi connectivity index (χ1n) is 7.42. The van der Waals surface area contributed by atoms with Crippen LogP contribution >= 0.6 is 11.3 Å². The smallest absolute Gasteiger partial charge is 0.230 e. The van der Waals surface area contributed by atoms with E-state index >= 15 is 0 Å². The van der Waals surface area contributed by atoms with E-state index in [2.05, 4.69) is 21.7 Å². The molecule has 3 atom stereocenters. The maximum Gasteiger partial charge on any atom is 0.230 e. The summed E-state index contributed by atoms with van der Waals surface area (Å²) >= 11 is 1.83. The van der Waals surface area contributed by atoms with Gasteiger partial charge < -0.3 is 10.2 Å². The summed E-state index contributed by atoms with van der Waals surface area (Å²) in [5, 5.41) is 5.59. The Morgan fingerprint density at radius 1 is 1.37 bits per heavy atom. The van der Waals surface area contributed by atoms with Gasteiger partial charge in [-0.1, -0.05) is 0 Å². The van der Waals surface area contributed by atoms with Crippen molar-refractivity contribution in [2.45, 2.75) is 37.6 Å². The van der Waals surface area contributed by atoms with Crippen LogP contribution in [0.2, 0.25) is 0 Å². The van der Waals surface area contributed by atoms with Gasteiger partial charge in [-0.15, -0.1) is 11.3 Å². The highest BCUT2D eigenvalue weighted by Crippen LogP contribution is 2.38. The molecule has 0 spiro atoms. The van der Waals surface area contributed by atoms with E-state index in [1.165, 1.54) is 29.7 Å². The number of amides is 1. The number of hydrogen-bond donors (Lipinski definition) is 1. The molecule has 2 saturated heterocycles. The summed E-state index contributed by atoms with van der Waals surface area (Å²) in [6.45, 7) is 3.08. The molecule has 102 valence electrons. The molecule has 1 unspecified atom stereocenters. The number of fused-ring (bicyclic) bond motifs is 2. The van der Waals surface area contributed by atoms with Crippen LogP contribution in [0, 0.1) is 5.92 Å². The van der Waals surface area contributed by atoms with Crippen LogP contribution in [-0.4, -0.2) is 36.5 Å². The fourth-order valence-electron chi connectivity index (χ4n) is 4.07. The zero-order valence-corrected chi connectivity index (χ0v) is 11.9. The van der Waals surface area contributed by atoms with Crippen LogP contribution < -0.4 is 5.32 Å². The third-order valence-electron chi connectivity index (χ3n) is 5.08. The van der Waals surface area contributed by atoms with Gasteiger partial charge in [-0.2, -0.15) is 0 Å². The Labute approximate surface area is 118 Å². The van der Waals surface area contributed by atoms with Gasteiger partial charge in [-0.05, 0) is 48.6 Å². The monoisotopic (exact) mass is 276 g/mol. The minimum atomic E-state index is 0.148. The van der Waals surface area contributed by atoms with Crippen LogP contribution in [0.4, 0.5) is 0 Å². The fourth-order valence-corrected chi connectivity index (χ4v) is 5.05. The summed E-state index contributed by atoms with van der Waals surface area (Å²) in [5.41, 5.74) is 1.33. The molecule has 2 aliphatic heterocycles. The molecule has 1 aromatic rings. The zero-order valence-electron chi connectivity index (χ0n) is 11.1. The third-order valence-corrected chi connectivity index (χ3v) is 6.07. The van der Waals surface area contributed by atoms with E-state index in [4.69, 9.17) is 0 Å². The van der Waals surface area contributed by atoms with Crippen molar-refractivity contribution >= 4 is 17.2 Å². The lowest BCUT2D eigenvalue weighted by atomic mass is 9.86. The number of nitrogens with zero attached hydrogens (tertiary/aromatic N) is 1. The van der Waals surface area contributed by atoms with Gasteiger partial charge in [0.2, 0.25) is 5.91 Å². The lowest BCUT2D eigenvalue weighted by Crippen LogP contribution is -2.42. The number of carbonyl (C=O) groups is 1. The summed E-state index contributed by atoms with van der Waals surface area (Å²) < 4.78 is 0. The van der Waals surface area contributed by atoms with E-state index < -0.39 is 0 Å². The Morgan fingerprint density at radius 2 is 2.32 bits per heavy atom. The zero-order chi connectivity index (χ0) is 12.8. The number of aryl methyl sites for hydroxylation is 1. The SMILES string of the molecule is O=C(C1CCCc2sccc21)N1CC[C@H]2CNC[C@H]21. The lowest BCUT2D eigenvalue weighted by molar-refractivity contribution is -0.133. The van der Waals surface area contributed by atoms with E-state index in [0.29, 0.717) is 17.9 Å². The normalized spacial score (nSPS) is 33.3. The highest BCUT2D eigenvalue weighted by molar-refractivity contribution is 7.10. The Kier molecular flexibility index (Phi) is 2.88. The average Bonchev–Trinajstić information content (AvgIpc) is 3.12. The molecule has 1 N–H and O–H groups in total. The molecular formula is C15H20N2OS. The van der Waals surface area contributed by atoms with Crippen molar-refractivity contribution in [1.29, 1.82) is 0 Å². The summed E-state index contributed by atoms with van der Waals surface area (Å²) in [5.74, 6) is 1.25. The molecule has 0 bridgehead atoms. The molecule has 3 heterocycles. The molecule has 2 fully saturated rings. The second-order valence-corrected chi connectivity index (χ2v) is 7.05. The summed E-state index contributed by atoms with van der Waals surface area (Å²) in [7, 11) is 0. The fraction of sp³-hybridized carbons (Fsp3) is 0.667. The highest BCUT2D eigenvalue weighted by Gasteiger charge is 2.42. The number of nitrogens with one attached hydrogen (secondary N) is 1. The van der Waals surface area contributed by atoms with Crippen LogP contribution in [-0.2, 0) is 11.2 Å². The maximum absolute atomic E-state index is 12.9. The molecule has 1 amide bonds. The molecule has 19 heavy (non-hydrogen) atoms. The van der Waals surface area contributed by atoms with Crippen molar-refractivity contribution in [3.05, 3.63) is 21.9 Å². The topological polar surface area (TPSA) is 32.3 Å². The van der Waals surface area contributed by atoms with Gasteiger partial charge >= 0.3 is 0 Å². The first-order valence-corrected chi connectivity index (χ1v) is 8.30. The summed E-state index contributed by atoms with van der Waals surface area (Å²) in [6.07, 6.45) is 4.57. The van der Waals surface area contributed by atoms with E-state index in [-0.39, 0.29) is 5.92 Å². The highest BCUT2D eigenvalue weighted by atomic mass is 32.1. The van der Waals surface area contributed by atoms with Crippen LogP contribution in [0.5, 0.6) is 0 Å². The van der Waals surface area contributed by atoms with Crippen molar-refractivity contribution in [2.75, 3.05) is 19.6 Å². The van der Waals surface area contributed by atoms with Crippen molar-refractivity contribution in [3.63, 3.8) is 0 Å². The van der Waals surface area contributed by atoms with Gasteiger partial charge in [0, 0.05) is 30.6 Å². The van der Waals surface area contributed by atoms with Gasteiger partial charge in [0.25, 0.3) is 0 Å². The predicted octanol–water partition coefficient (Wildman–Crippen LogP) is 1.99. The molecule has 4 heteroatoms. The Hall–Kier alpha value is -0.870. The molecule has 1 aromatic heterocycles. The maximum atomic E-state index is 12.9. The quantitative estimate of drug-likeness (QED) is 0.851. The second-order valence-electron chi connectivity index (χ2n) is 6.05. The van der Waals surface area contributed by atoms with E-state index in [1.54, 1.807) is 0 Å². The first-order chi connectivity index (χ1) is 9.34. The van der Waals surface area contributed by atoms with Gasteiger partial charge in [-0.3, -0.25) is 4.79 Å². The van der Waals surface area contributed by atoms with Crippen LogP contribution in [0.1, 0.15) is 35.6 Å². The minimum absolute atomic E-state index is 0.148. The summed E-state index contributed by atoms with van der Waals surface area (Å²) in [4.78, 5) is 16.5. The van der Waals surface area contributed by atoms with Gasteiger partial charge in [0.1, 0.15) is 0 Å². The van der Waals surface area contributed by atoms with E-state index in [0.717, 1.165) is 26.1 Å². The molecule has 1 aliphatic carbocycles. The Morgan fingerprint density at radius 3 is 3.26 bits per heavy atom. The minimum Gasteiger partial charge on any atom is -0.338 e. The van der Waals surface area contributed by atoms with E-state index in [9.17, 15) is 4.79 Å². The standard InChI is InChI=1S/C15H20N2OS/c18-15(17-6-4-10-8-16-9-13(10)17)12-2-1-3-14-11(12)5-7-19-14/h5,7,10,12-13,16H,1-4,6,8-9H2/t10-,12?,13+/m0/s1. The largest absolute Gasteiger partial charge is 0.338 e. The van der Waals surface area contributed by atoms with Gasteiger partial charge in [-0.25, -0.2) is 0 Å². The van der Waals surface area contributed by atoms with Crippen molar-refractivity contribution in [1.82, 2.24) is 10.2 Å². The van der Waals surface area contributed by atoms with Gasteiger partial charge in [0.05, 0.1) is 5.92 Å². The molecule has 3 nitrogen and oxygen atoms in total. The molecule has 4 rings (SSSR count). The summed E-state index contributed by atoms with van der Waals surface area (Å²) in [6, 6.07) is 2.65. The lowest BCUT2D eigenvalue weighted by Gasteiger charge is -2.30. The molecular weight excluding hydrogens is 256 g/mol. The molecule has 0 aromatic carbocycles. The van der Waals surface area contributed by atoms with Crippen molar-refractivity contribution in [3.8, 4) is 0 Å². The number of rotatable bonds is 1. The molecule has 0 radical (unpaired) electrons. The van der Waals surface area contributed by atoms with Crippen molar-refractivity contribution < 1.29 is 4.79 Å². The number of carbonyl (C=O) groups excluding carboxylic acids is 1. The number of thiophene rings is 1. The molecule has 3 aliphatic rings. The Bertz CT molecular complexity index is 498. The Balaban J connectivity index is 1.59.